The predicted octanol–water partition coefficient (Wildman–Crippen LogP) is 5.05. The summed E-state index contributed by atoms with van der Waals surface area (Å²) < 4.78 is 27.8. The number of carbonyl (C=O) groups is 1. The minimum Gasteiger partial charge on any atom is -0.424 e. The van der Waals surface area contributed by atoms with Crippen LogP contribution in [0.4, 0.5) is 22.1 Å². The number of nitrogens with zero attached hydrogens (tertiary/aromatic N) is 3. The number of ether oxygens (including phenoxy) is 3. The standard InChI is InChI=1S/C32H31N5O6Si/c1-30(2,3)44-43-32(18-11-7-5-8-12-18,19-13-9-6-10-14-19)25-24-31(4,42-29(39)41-24)28(40-25)37-16-20-21(33)15-22(38)36-26-23(20)27(37)35-17-34-26/h5-17,24-25,28H,33H2,1-4H3,(H,34,35,36,38). The SMILES string of the molecule is CC(C)(C)[Si]OC(c1ccccc1)(c1ccccc1)C1OC(n2cc3c(N)cc(=O)nc4c3c2N=CN4)C2(C)OC(=O)OC12. The van der Waals surface area contributed by atoms with E-state index in [1.807, 2.05) is 60.7 Å². The lowest BCUT2D eigenvalue weighted by atomic mass is 9.77. The van der Waals surface area contributed by atoms with Crippen molar-refractivity contribution < 1.29 is 23.4 Å². The second kappa shape index (κ2) is 10.0. The van der Waals surface area contributed by atoms with Gasteiger partial charge in [0.05, 0.1) is 11.7 Å². The zero-order valence-electron chi connectivity index (χ0n) is 24.6. The van der Waals surface area contributed by atoms with E-state index in [9.17, 15) is 9.59 Å². The number of nitrogens with two attached hydrogens (primary N) is 1. The topological polar surface area (TPSA) is 139 Å². The number of nitrogen functional groups attached to an aromatic ring is 1. The van der Waals surface area contributed by atoms with Gasteiger partial charge in [0.1, 0.15) is 23.3 Å². The van der Waals surface area contributed by atoms with Crippen LogP contribution in [0.1, 0.15) is 45.0 Å². The van der Waals surface area contributed by atoms with E-state index < -0.39 is 41.4 Å². The summed E-state index contributed by atoms with van der Waals surface area (Å²) >= 11 is 0. The fourth-order valence-corrected chi connectivity index (χ4v) is 7.07. The molecule has 224 valence electrons. The molecule has 12 heteroatoms. The largest absolute Gasteiger partial charge is 0.509 e. The molecule has 3 aliphatic heterocycles. The Morgan fingerprint density at radius 3 is 2.34 bits per heavy atom. The average Bonchev–Trinajstić information content (AvgIpc) is 3.58. The molecule has 2 aromatic carbocycles. The minimum absolute atomic E-state index is 0.0523. The summed E-state index contributed by atoms with van der Waals surface area (Å²) in [5.74, 6) is 0.763. The highest BCUT2D eigenvalue weighted by Gasteiger charge is 2.69. The summed E-state index contributed by atoms with van der Waals surface area (Å²) in [7, 11) is 0.0523. The third-order valence-corrected chi connectivity index (χ3v) is 9.19. The highest BCUT2D eigenvalue weighted by Crippen LogP contribution is 2.56. The first-order chi connectivity index (χ1) is 21.0. The van der Waals surface area contributed by atoms with Crippen LogP contribution in [0.3, 0.4) is 0 Å². The van der Waals surface area contributed by atoms with E-state index >= 15 is 0 Å². The summed E-state index contributed by atoms with van der Waals surface area (Å²) in [6, 6.07) is 20.9. The van der Waals surface area contributed by atoms with Gasteiger partial charge in [0.2, 0.25) is 9.76 Å². The Labute approximate surface area is 255 Å². The molecule has 2 fully saturated rings. The van der Waals surface area contributed by atoms with Crippen LogP contribution in [-0.2, 0) is 24.2 Å². The van der Waals surface area contributed by atoms with Crippen LogP contribution in [0.5, 0.6) is 0 Å². The molecule has 3 aliphatic rings. The lowest BCUT2D eigenvalue weighted by Gasteiger charge is -2.42. The van der Waals surface area contributed by atoms with Crippen molar-refractivity contribution in [1.82, 2.24) is 9.55 Å². The number of aromatic nitrogens is 2. The van der Waals surface area contributed by atoms with Gasteiger partial charge < -0.3 is 34.3 Å². The molecule has 2 radical (unpaired) electrons. The fourth-order valence-electron chi connectivity index (χ4n) is 6.25. The maximum Gasteiger partial charge on any atom is 0.509 e. The number of nitrogens with one attached hydrogen (secondary N) is 1. The lowest BCUT2D eigenvalue weighted by molar-refractivity contribution is -0.131. The van der Waals surface area contributed by atoms with E-state index in [4.69, 9.17) is 24.4 Å². The molecule has 4 atom stereocenters. The van der Waals surface area contributed by atoms with E-state index in [0.717, 1.165) is 11.1 Å². The fraction of sp³-hybridized carbons (Fsp3) is 0.312. The van der Waals surface area contributed by atoms with Crippen LogP contribution in [0.25, 0.3) is 10.8 Å². The predicted molar refractivity (Wildman–Crippen MR) is 166 cm³/mol. The smallest absolute Gasteiger partial charge is 0.424 e. The van der Waals surface area contributed by atoms with Gasteiger partial charge in [-0.2, -0.15) is 4.98 Å². The summed E-state index contributed by atoms with van der Waals surface area (Å²) in [6.07, 6.45) is -0.255. The van der Waals surface area contributed by atoms with Crippen molar-refractivity contribution in [3.63, 3.8) is 0 Å². The zero-order chi connectivity index (χ0) is 30.9. The number of fused-ring (bicyclic) bond motifs is 1. The van der Waals surface area contributed by atoms with Crippen molar-refractivity contribution in [2.24, 2.45) is 4.99 Å². The molecular weight excluding hydrogens is 578 g/mol. The molecule has 0 spiro atoms. The molecular formula is C32H31N5O6Si. The van der Waals surface area contributed by atoms with Gasteiger partial charge in [0.25, 0.3) is 5.56 Å². The molecule has 44 heavy (non-hydrogen) atoms. The van der Waals surface area contributed by atoms with E-state index in [0.29, 0.717) is 22.4 Å². The van der Waals surface area contributed by atoms with Crippen molar-refractivity contribution in [3.05, 3.63) is 94.4 Å². The van der Waals surface area contributed by atoms with Crippen molar-refractivity contribution in [3.8, 4) is 0 Å². The maximum atomic E-state index is 13.0. The molecule has 0 amide bonds. The van der Waals surface area contributed by atoms with Crippen molar-refractivity contribution in [1.29, 1.82) is 0 Å². The van der Waals surface area contributed by atoms with Crippen LogP contribution >= 0.6 is 0 Å². The first-order valence-electron chi connectivity index (χ1n) is 14.3. The van der Waals surface area contributed by atoms with Crippen molar-refractivity contribution in [2.75, 3.05) is 11.1 Å². The Morgan fingerprint density at radius 1 is 1.05 bits per heavy atom. The van der Waals surface area contributed by atoms with Crippen molar-refractivity contribution in [2.45, 2.75) is 62.4 Å². The Hall–Kier alpha value is -4.52. The van der Waals surface area contributed by atoms with Gasteiger partial charge in [-0.05, 0) is 23.1 Å². The van der Waals surface area contributed by atoms with Gasteiger partial charge in [-0.25, -0.2) is 9.79 Å². The zero-order valence-corrected chi connectivity index (χ0v) is 25.6. The molecule has 0 saturated carbocycles. The molecule has 4 unspecified atom stereocenters. The molecule has 4 aromatic rings. The molecule has 11 nitrogen and oxygen atoms in total. The van der Waals surface area contributed by atoms with Gasteiger partial charge in [-0.3, -0.25) is 4.79 Å². The summed E-state index contributed by atoms with van der Waals surface area (Å²) in [5.41, 5.74) is 5.28. The quantitative estimate of drug-likeness (QED) is 0.227. The summed E-state index contributed by atoms with van der Waals surface area (Å²) in [5, 5.41) is 3.87. The number of benzene rings is 2. The normalized spacial score (nSPS) is 24.1. The van der Waals surface area contributed by atoms with Crippen LogP contribution in [0.15, 0.2) is 82.7 Å². The average molecular weight is 610 g/mol. The first kappa shape index (κ1) is 28.3. The third kappa shape index (κ3) is 4.32. The Balaban J connectivity index is 1.47. The highest BCUT2D eigenvalue weighted by molar-refractivity contribution is 6.32. The third-order valence-electron chi connectivity index (χ3n) is 8.15. The Morgan fingerprint density at radius 2 is 1.70 bits per heavy atom. The molecule has 5 heterocycles. The van der Waals surface area contributed by atoms with E-state index in [-0.39, 0.29) is 20.5 Å². The molecule has 0 bridgehead atoms. The van der Waals surface area contributed by atoms with Gasteiger partial charge in [-0.1, -0.05) is 81.4 Å². The van der Waals surface area contributed by atoms with Crippen LogP contribution in [-0.4, -0.2) is 49.6 Å². The number of anilines is 2. The number of carbonyl (C=O) groups excluding carboxylic acids is 1. The second-order valence-corrected chi connectivity index (χ2v) is 14.3. The summed E-state index contributed by atoms with van der Waals surface area (Å²) in [4.78, 5) is 34.1. The highest BCUT2D eigenvalue weighted by atomic mass is 28.2. The number of hydrogen-bond donors (Lipinski definition) is 2. The van der Waals surface area contributed by atoms with Crippen LogP contribution in [0.2, 0.25) is 5.04 Å². The van der Waals surface area contributed by atoms with Gasteiger partial charge in [-0.15, -0.1) is 0 Å². The van der Waals surface area contributed by atoms with Crippen LogP contribution < -0.4 is 16.6 Å². The molecule has 7 rings (SSSR count). The second-order valence-electron chi connectivity index (χ2n) is 12.4. The number of aliphatic imine (C=N–C) groups is 1. The Kier molecular flexibility index (Phi) is 6.43. The summed E-state index contributed by atoms with van der Waals surface area (Å²) in [6.45, 7) is 8.12. The minimum atomic E-state index is -1.30. The van der Waals surface area contributed by atoms with E-state index in [1.54, 1.807) is 17.7 Å². The van der Waals surface area contributed by atoms with Gasteiger partial charge in [0.15, 0.2) is 17.9 Å². The van der Waals surface area contributed by atoms with Gasteiger partial charge in [0, 0.05) is 23.3 Å². The lowest BCUT2D eigenvalue weighted by Crippen LogP contribution is -2.52. The monoisotopic (exact) mass is 609 g/mol. The molecule has 2 aromatic heterocycles. The molecule has 2 saturated heterocycles. The first-order valence-corrected chi connectivity index (χ1v) is 15.2. The van der Waals surface area contributed by atoms with Gasteiger partial charge >= 0.3 is 6.16 Å². The van der Waals surface area contributed by atoms with Crippen molar-refractivity contribution >= 4 is 50.4 Å². The van der Waals surface area contributed by atoms with E-state index in [2.05, 4.69) is 36.1 Å². The van der Waals surface area contributed by atoms with Crippen LogP contribution in [0, 0.1) is 0 Å². The number of hydrogen-bond acceptors (Lipinski definition) is 10. The van der Waals surface area contributed by atoms with E-state index in [1.165, 1.54) is 12.4 Å². The molecule has 0 aliphatic carbocycles. The Bertz CT molecular complexity index is 1820. The maximum absolute atomic E-state index is 13.0. The molecule has 3 N–H and O–H groups in total. The number of rotatable bonds is 6.